The van der Waals surface area contributed by atoms with Crippen LogP contribution in [0.2, 0.25) is 0 Å². The Morgan fingerprint density at radius 1 is 1.12 bits per heavy atom. The minimum absolute atomic E-state index is 0.00129. The van der Waals surface area contributed by atoms with E-state index in [-0.39, 0.29) is 17.4 Å². The second-order valence-corrected chi connectivity index (χ2v) is 7.87. The van der Waals surface area contributed by atoms with Crippen LogP contribution in [0.15, 0.2) is 69.8 Å². The largest absolute Gasteiger partial charge is 0.497 e. The number of benzene rings is 2. The summed E-state index contributed by atoms with van der Waals surface area (Å²) in [6, 6.07) is 14.8. The first-order valence-electron chi connectivity index (χ1n) is 9.81. The predicted octanol–water partition coefficient (Wildman–Crippen LogP) is 5.27. The van der Waals surface area contributed by atoms with Gasteiger partial charge in [-0.3, -0.25) is 9.69 Å². The highest BCUT2D eigenvalue weighted by molar-refractivity contribution is 8.13. The van der Waals surface area contributed by atoms with E-state index in [1.165, 1.54) is 40.9 Å². The summed E-state index contributed by atoms with van der Waals surface area (Å²) in [5, 5.41) is 4.40. The number of rotatable bonds is 7. The predicted molar refractivity (Wildman–Crippen MR) is 122 cm³/mol. The summed E-state index contributed by atoms with van der Waals surface area (Å²) in [4.78, 5) is 19.2. The van der Waals surface area contributed by atoms with Gasteiger partial charge in [-0.05, 0) is 55.0 Å². The Balaban J connectivity index is 1.62. The highest BCUT2D eigenvalue weighted by Gasteiger charge is 2.32. The number of amidine groups is 1. The van der Waals surface area contributed by atoms with Gasteiger partial charge in [-0.1, -0.05) is 29.1 Å². The molecule has 1 amide bonds. The number of carbonyl (C=O) groups is 1. The molecule has 0 fully saturated rings. The molecule has 7 nitrogen and oxygen atoms in total. The molecule has 2 heterocycles. The Hall–Kier alpha value is -3.66. The second-order valence-electron chi connectivity index (χ2n) is 6.93. The molecule has 0 saturated heterocycles. The number of methoxy groups -OCH3 is 1. The fourth-order valence-corrected chi connectivity index (χ4v) is 3.97. The van der Waals surface area contributed by atoms with Gasteiger partial charge in [-0.2, -0.15) is 8.78 Å². The number of hydrogen-bond acceptors (Lipinski definition) is 7. The monoisotopic (exact) mass is 471 g/mol. The Labute approximate surface area is 192 Å². The van der Waals surface area contributed by atoms with Crippen LogP contribution < -0.4 is 14.4 Å². The molecule has 33 heavy (non-hydrogen) atoms. The van der Waals surface area contributed by atoms with Crippen LogP contribution in [0.5, 0.6) is 11.5 Å². The number of carbonyl (C=O) groups excluding carboxylic acids is 1. The van der Waals surface area contributed by atoms with Gasteiger partial charge in [0.2, 0.25) is 0 Å². The van der Waals surface area contributed by atoms with Crippen LogP contribution >= 0.6 is 11.8 Å². The number of aliphatic imine (C=N–C) groups is 1. The Bertz CT molecular complexity index is 1190. The molecule has 0 N–H and O–H groups in total. The normalized spacial score (nSPS) is 14.8. The van der Waals surface area contributed by atoms with Crippen molar-refractivity contribution in [1.29, 1.82) is 0 Å². The van der Waals surface area contributed by atoms with Crippen LogP contribution in [-0.4, -0.2) is 30.0 Å². The Morgan fingerprint density at radius 2 is 1.82 bits per heavy atom. The van der Waals surface area contributed by atoms with Gasteiger partial charge >= 0.3 is 6.61 Å². The van der Waals surface area contributed by atoms with Crippen molar-refractivity contribution in [2.45, 2.75) is 19.3 Å². The first-order valence-corrected chi connectivity index (χ1v) is 10.8. The molecule has 0 radical (unpaired) electrons. The summed E-state index contributed by atoms with van der Waals surface area (Å²) in [6.07, 6.45) is 1.68. The summed E-state index contributed by atoms with van der Waals surface area (Å²) in [5.41, 5.74) is 2.21. The molecule has 0 aliphatic carbocycles. The minimum atomic E-state index is -2.93. The van der Waals surface area contributed by atoms with Crippen molar-refractivity contribution in [3.05, 3.63) is 77.3 Å². The summed E-state index contributed by atoms with van der Waals surface area (Å²) in [6.45, 7) is -1.13. The standard InChI is InChI=1S/C23H19F2N3O4S/c1-14-11-16(27-32-14)13-33-23-26-20(12-15-3-7-18(30-2)8-4-15)21(29)28(23)17-5-9-19(10-6-17)31-22(24)25/h3-12,22H,13H2,1-2H3/b20-12-. The van der Waals surface area contributed by atoms with E-state index in [0.717, 1.165) is 5.56 Å². The average molecular weight is 471 g/mol. The van der Waals surface area contributed by atoms with Gasteiger partial charge in [0.05, 0.1) is 18.5 Å². The lowest BCUT2D eigenvalue weighted by Gasteiger charge is -2.18. The molecule has 0 unspecified atom stereocenters. The van der Waals surface area contributed by atoms with Gasteiger partial charge in [-0.25, -0.2) is 4.99 Å². The SMILES string of the molecule is COc1ccc(/C=C2\N=C(SCc3cc(C)on3)N(c3ccc(OC(F)F)cc3)C2=O)cc1. The number of amides is 1. The van der Waals surface area contributed by atoms with Crippen LogP contribution in [0.25, 0.3) is 6.08 Å². The molecule has 4 rings (SSSR count). The number of thioether (sulfide) groups is 1. The van der Waals surface area contributed by atoms with Gasteiger partial charge in [0, 0.05) is 11.8 Å². The molecule has 0 atom stereocenters. The molecule has 0 saturated carbocycles. The fraction of sp³-hybridized carbons (Fsp3) is 0.174. The van der Waals surface area contributed by atoms with E-state index in [9.17, 15) is 13.6 Å². The van der Waals surface area contributed by atoms with E-state index in [4.69, 9.17) is 9.26 Å². The van der Waals surface area contributed by atoms with E-state index in [2.05, 4.69) is 14.9 Å². The third-order valence-corrected chi connectivity index (χ3v) is 5.57. The van der Waals surface area contributed by atoms with Gasteiger partial charge in [0.1, 0.15) is 23.0 Å². The van der Waals surface area contributed by atoms with Crippen LogP contribution in [0, 0.1) is 6.92 Å². The smallest absolute Gasteiger partial charge is 0.387 e. The molecule has 1 aliphatic rings. The topological polar surface area (TPSA) is 77.2 Å². The highest BCUT2D eigenvalue weighted by Crippen LogP contribution is 2.32. The Morgan fingerprint density at radius 3 is 2.42 bits per heavy atom. The number of aryl methyl sites for hydroxylation is 1. The third-order valence-electron chi connectivity index (χ3n) is 4.59. The summed E-state index contributed by atoms with van der Waals surface area (Å²) >= 11 is 1.31. The molecule has 0 bridgehead atoms. The highest BCUT2D eigenvalue weighted by atomic mass is 32.2. The average Bonchev–Trinajstić information content (AvgIpc) is 3.35. The maximum absolute atomic E-state index is 13.2. The molecule has 2 aromatic carbocycles. The van der Waals surface area contributed by atoms with Crippen LogP contribution in [0.3, 0.4) is 0 Å². The minimum Gasteiger partial charge on any atom is -0.497 e. The lowest BCUT2D eigenvalue weighted by atomic mass is 10.2. The first-order chi connectivity index (χ1) is 15.9. The van der Waals surface area contributed by atoms with Gasteiger partial charge in [0.15, 0.2) is 5.17 Å². The van der Waals surface area contributed by atoms with Gasteiger partial charge in [0.25, 0.3) is 5.91 Å². The van der Waals surface area contributed by atoms with Crippen molar-refractivity contribution in [1.82, 2.24) is 5.16 Å². The number of alkyl halides is 2. The van der Waals surface area contributed by atoms with Crippen molar-refractivity contribution in [2.75, 3.05) is 12.0 Å². The molecular formula is C23H19F2N3O4S. The summed E-state index contributed by atoms with van der Waals surface area (Å²) in [7, 11) is 1.58. The van der Waals surface area contributed by atoms with Crippen molar-refractivity contribution < 1.29 is 27.6 Å². The number of hydrogen-bond donors (Lipinski definition) is 0. The molecule has 0 spiro atoms. The molecular weight excluding hydrogens is 452 g/mol. The zero-order valence-corrected chi connectivity index (χ0v) is 18.5. The maximum Gasteiger partial charge on any atom is 0.387 e. The number of aromatic nitrogens is 1. The number of nitrogens with zero attached hydrogens (tertiary/aromatic N) is 3. The maximum atomic E-state index is 13.2. The van der Waals surface area contributed by atoms with Crippen molar-refractivity contribution in [3.63, 3.8) is 0 Å². The summed E-state index contributed by atoms with van der Waals surface area (Å²) in [5.74, 6) is 1.47. The number of halogens is 2. The van der Waals surface area contributed by atoms with Crippen LogP contribution in [0.4, 0.5) is 14.5 Å². The number of anilines is 1. The molecule has 1 aromatic heterocycles. The molecule has 3 aromatic rings. The van der Waals surface area contributed by atoms with Crippen molar-refractivity contribution in [3.8, 4) is 11.5 Å². The lowest BCUT2D eigenvalue weighted by molar-refractivity contribution is -0.113. The van der Waals surface area contributed by atoms with Gasteiger partial charge < -0.3 is 14.0 Å². The van der Waals surface area contributed by atoms with Gasteiger partial charge in [-0.15, -0.1) is 0 Å². The Kier molecular flexibility index (Phi) is 6.74. The van der Waals surface area contributed by atoms with E-state index in [0.29, 0.717) is 33.8 Å². The quantitative estimate of drug-likeness (QED) is 0.437. The van der Waals surface area contributed by atoms with E-state index in [1.807, 2.05) is 12.1 Å². The first kappa shape index (κ1) is 22.5. The van der Waals surface area contributed by atoms with Crippen molar-refractivity contribution in [2.24, 2.45) is 4.99 Å². The fourth-order valence-electron chi connectivity index (χ4n) is 3.08. The van der Waals surface area contributed by atoms with Crippen LogP contribution in [0.1, 0.15) is 17.0 Å². The lowest BCUT2D eigenvalue weighted by Crippen LogP contribution is -2.30. The zero-order valence-electron chi connectivity index (χ0n) is 17.7. The molecule has 170 valence electrons. The molecule has 1 aliphatic heterocycles. The second kappa shape index (κ2) is 9.86. The third kappa shape index (κ3) is 5.40. The molecule has 10 heteroatoms. The summed E-state index contributed by atoms with van der Waals surface area (Å²) < 4.78 is 39.6. The van der Waals surface area contributed by atoms with Crippen LogP contribution in [-0.2, 0) is 10.5 Å². The zero-order chi connectivity index (χ0) is 23.4. The van der Waals surface area contributed by atoms with E-state index in [1.54, 1.807) is 38.3 Å². The van der Waals surface area contributed by atoms with E-state index < -0.39 is 6.61 Å². The van der Waals surface area contributed by atoms with Crippen molar-refractivity contribution >= 4 is 34.6 Å². The number of ether oxygens (including phenoxy) is 2. The van der Waals surface area contributed by atoms with E-state index >= 15 is 0 Å².